The van der Waals surface area contributed by atoms with Crippen LogP contribution < -0.4 is 15.5 Å². The molecule has 4 rings (SSSR count). The zero-order chi connectivity index (χ0) is 22.0. The standard InChI is InChI=1S/C21H19FN4O4S/c1-2-3-12(22)8-14-10-16(27)20(31-14)21(29)25-13-4-5-18-15(9-13)19-17(28)11-24-26(19)23-6-7-30-18/h2-5,8-11,23,27-28H,6-7H2,1H3,(H,25,29)/b3-2-,12-8+. The van der Waals surface area contributed by atoms with Crippen molar-refractivity contribution in [3.63, 3.8) is 0 Å². The maximum absolute atomic E-state index is 13.7. The van der Waals surface area contributed by atoms with Gasteiger partial charge in [0.15, 0.2) is 5.75 Å². The molecule has 0 bridgehead atoms. The largest absolute Gasteiger partial charge is 0.506 e. The van der Waals surface area contributed by atoms with E-state index in [1.807, 2.05) is 0 Å². The number of thiophene rings is 1. The van der Waals surface area contributed by atoms with Gasteiger partial charge in [0.2, 0.25) is 0 Å². The van der Waals surface area contributed by atoms with Crippen LogP contribution >= 0.6 is 11.3 Å². The minimum absolute atomic E-state index is 0.0433. The number of aromatic hydroxyl groups is 2. The molecule has 1 aliphatic rings. The molecule has 1 aromatic carbocycles. The van der Waals surface area contributed by atoms with E-state index in [1.54, 1.807) is 31.2 Å². The van der Waals surface area contributed by atoms with E-state index < -0.39 is 11.7 Å². The molecule has 0 atom stereocenters. The maximum Gasteiger partial charge on any atom is 0.269 e. The second kappa shape index (κ2) is 8.52. The highest BCUT2D eigenvalue weighted by molar-refractivity contribution is 7.15. The van der Waals surface area contributed by atoms with Gasteiger partial charge >= 0.3 is 0 Å². The van der Waals surface area contributed by atoms with Crippen molar-refractivity contribution in [2.45, 2.75) is 6.92 Å². The van der Waals surface area contributed by atoms with Crippen LogP contribution in [-0.4, -0.2) is 39.2 Å². The zero-order valence-corrected chi connectivity index (χ0v) is 17.2. The molecule has 0 aliphatic carbocycles. The molecule has 0 saturated carbocycles. The van der Waals surface area contributed by atoms with Crippen LogP contribution in [0.1, 0.15) is 21.5 Å². The van der Waals surface area contributed by atoms with Gasteiger partial charge in [0.05, 0.1) is 12.7 Å². The smallest absolute Gasteiger partial charge is 0.269 e. The summed E-state index contributed by atoms with van der Waals surface area (Å²) < 4.78 is 19.4. The summed E-state index contributed by atoms with van der Waals surface area (Å²) in [5, 5.41) is 27.2. The first-order valence-electron chi connectivity index (χ1n) is 9.38. The average molecular weight is 442 g/mol. The number of carbonyl (C=O) groups is 1. The molecule has 0 spiro atoms. The van der Waals surface area contributed by atoms with Crippen molar-refractivity contribution < 1.29 is 24.1 Å². The van der Waals surface area contributed by atoms with Crippen LogP contribution in [0, 0.1) is 0 Å². The Hall–Kier alpha value is -3.79. The van der Waals surface area contributed by atoms with Gasteiger partial charge in [-0.05, 0) is 43.3 Å². The summed E-state index contributed by atoms with van der Waals surface area (Å²) in [5.74, 6) is -0.782. The first kappa shape index (κ1) is 20.5. The molecular weight excluding hydrogens is 423 g/mol. The van der Waals surface area contributed by atoms with E-state index in [9.17, 15) is 19.4 Å². The molecular formula is C21H19FN4O4S. The molecule has 160 valence electrons. The van der Waals surface area contributed by atoms with Gasteiger partial charge in [0, 0.05) is 16.1 Å². The summed E-state index contributed by atoms with van der Waals surface area (Å²) in [5.41, 5.74) is 4.36. The number of nitrogens with zero attached hydrogens (tertiary/aromatic N) is 2. The van der Waals surface area contributed by atoms with E-state index in [0.29, 0.717) is 40.7 Å². The van der Waals surface area contributed by atoms with E-state index >= 15 is 0 Å². The summed E-state index contributed by atoms with van der Waals surface area (Å²) in [4.78, 5) is 14.6. The van der Waals surface area contributed by atoms with Crippen molar-refractivity contribution >= 4 is 29.0 Å². The van der Waals surface area contributed by atoms with Gasteiger partial charge in [-0.25, -0.2) is 4.39 Å². The second-order valence-electron chi connectivity index (χ2n) is 6.60. The summed E-state index contributed by atoms with van der Waals surface area (Å²) in [7, 11) is 0. The molecule has 2 aromatic heterocycles. The predicted octanol–water partition coefficient (Wildman–Crippen LogP) is 4.10. The Kier molecular flexibility index (Phi) is 5.63. The Morgan fingerprint density at radius 2 is 2.19 bits per heavy atom. The molecule has 0 saturated heterocycles. The van der Waals surface area contributed by atoms with Gasteiger partial charge in [-0.3, -0.25) is 4.79 Å². The molecule has 4 N–H and O–H groups in total. The molecule has 8 nitrogen and oxygen atoms in total. The van der Waals surface area contributed by atoms with Crippen molar-refractivity contribution in [1.82, 2.24) is 9.89 Å². The predicted molar refractivity (Wildman–Crippen MR) is 117 cm³/mol. The van der Waals surface area contributed by atoms with Crippen LogP contribution in [0.3, 0.4) is 0 Å². The number of hydrogen-bond acceptors (Lipinski definition) is 7. The van der Waals surface area contributed by atoms with Crippen LogP contribution in [0.4, 0.5) is 10.1 Å². The third-order valence-corrected chi connectivity index (χ3v) is 5.48. The minimum Gasteiger partial charge on any atom is -0.506 e. The van der Waals surface area contributed by atoms with Crippen LogP contribution in [0.5, 0.6) is 17.2 Å². The van der Waals surface area contributed by atoms with Crippen LogP contribution in [0.2, 0.25) is 0 Å². The molecule has 0 unspecified atom stereocenters. The number of carbonyl (C=O) groups excluding carboxylic acids is 1. The molecule has 3 heterocycles. The molecule has 0 fully saturated rings. The van der Waals surface area contributed by atoms with E-state index in [0.717, 1.165) is 11.3 Å². The van der Waals surface area contributed by atoms with E-state index in [4.69, 9.17) is 4.74 Å². The number of allylic oxidation sites excluding steroid dienone is 3. The van der Waals surface area contributed by atoms with Gasteiger partial charge in [0.25, 0.3) is 5.91 Å². The number of rotatable bonds is 4. The molecule has 31 heavy (non-hydrogen) atoms. The number of anilines is 1. The number of hydrogen-bond donors (Lipinski definition) is 4. The van der Waals surface area contributed by atoms with Crippen molar-refractivity contribution in [2.75, 3.05) is 23.9 Å². The lowest BCUT2D eigenvalue weighted by molar-refractivity contribution is 0.102. The highest BCUT2D eigenvalue weighted by atomic mass is 32.1. The Morgan fingerprint density at radius 1 is 1.35 bits per heavy atom. The van der Waals surface area contributed by atoms with Crippen LogP contribution in [-0.2, 0) is 0 Å². The number of benzene rings is 1. The van der Waals surface area contributed by atoms with Gasteiger partial charge in [0.1, 0.15) is 34.5 Å². The van der Waals surface area contributed by atoms with E-state index in [1.165, 1.54) is 29.2 Å². The molecule has 3 aromatic rings. The fourth-order valence-corrected chi connectivity index (χ4v) is 3.99. The van der Waals surface area contributed by atoms with Gasteiger partial charge < -0.3 is 25.7 Å². The highest BCUT2D eigenvalue weighted by Crippen LogP contribution is 2.38. The molecule has 0 radical (unpaired) electrons. The van der Waals surface area contributed by atoms with Crippen molar-refractivity contribution in [2.24, 2.45) is 0 Å². The number of amides is 1. The molecule has 1 amide bonds. The number of halogens is 1. The lowest BCUT2D eigenvalue weighted by Gasteiger charge is -2.19. The summed E-state index contributed by atoms with van der Waals surface area (Å²) in [6, 6.07) is 6.31. The lowest BCUT2D eigenvalue weighted by Crippen LogP contribution is -2.25. The topological polar surface area (TPSA) is 109 Å². The van der Waals surface area contributed by atoms with E-state index in [2.05, 4.69) is 15.8 Å². The third kappa shape index (κ3) is 4.24. The highest BCUT2D eigenvalue weighted by Gasteiger charge is 2.21. The zero-order valence-electron chi connectivity index (χ0n) is 16.4. The number of fused-ring (bicyclic) bond motifs is 3. The minimum atomic E-state index is -0.545. The van der Waals surface area contributed by atoms with Crippen molar-refractivity contribution in [1.29, 1.82) is 0 Å². The quantitative estimate of drug-likeness (QED) is 0.453. The first-order chi connectivity index (χ1) is 15.0. The van der Waals surface area contributed by atoms with Crippen LogP contribution in [0.25, 0.3) is 17.3 Å². The fourth-order valence-electron chi connectivity index (χ4n) is 3.11. The molecule has 1 aliphatic heterocycles. The fraction of sp³-hybridized carbons (Fsp3) is 0.143. The first-order valence-corrected chi connectivity index (χ1v) is 10.2. The summed E-state index contributed by atoms with van der Waals surface area (Å²) >= 11 is 0.967. The SMILES string of the molecule is C/C=C\C(F)=C/c1cc(O)c(C(=O)Nc2ccc3c(c2)-c2c(O)cnn2NCCO3)s1. The Labute approximate surface area is 180 Å². The molecule has 10 heteroatoms. The Morgan fingerprint density at radius 3 is 3.00 bits per heavy atom. The number of aromatic nitrogens is 2. The van der Waals surface area contributed by atoms with Gasteiger partial charge in [-0.1, -0.05) is 6.08 Å². The monoisotopic (exact) mass is 442 g/mol. The Bertz CT molecular complexity index is 1200. The van der Waals surface area contributed by atoms with Crippen molar-refractivity contribution in [3.05, 3.63) is 58.2 Å². The lowest BCUT2D eigenvalue weighted by atomic mass is 10.1. The van der Waals surface area contributed by atoms with Crippen molar-refractivity contribution in [3.8, 4) is 28.5 Å². The van der Waals surface area contributed by atoms with Crippen LogP contribution in [0.15, 0.2) is 48.4 Å². The van der Waals surface area contributed by atoms with Gasteiger partial charge in [-0.15, -0.1) is 11.3 Å². The average Bonchev–Trinajstić information content (AvgIpc) is 3.26. The number of nitrogens with one attached hydrogen (secondary N) is 2. The summed E-state index contributed by atoms with van der Waals surface area (Å²) in [6.45, 7) is 2.57. The summed E-state index contributed by atoms with van der Waals surface area (Å²) in [6.07, 6.45) is 5.39. The van der Waals surface area contributed by atoms with E-state index in [-0.39, 0.29) is 16.4 Å². The number of ether oxygens (including phenoxy) is 1. The Balaban J connectivity index is 1.63. The second-order valence-corrected chi connectivity index (χ2v) is 7.69. The van der Waals surface area contributed by atoms with Gasteiger partial charge in [-0.2, -0.15) is 9.89 Å². The maximum atomic E-state index is 13.7. The normalized spacial score (nSPS) is 13.5. The third-order valence-electron chi connectivity index (χ3n) is 4.41.